The van der Waals surface area contributed by atoms with Crippen LogP contribution in [0.1, 0.15) is 35.8 Å². The summed E-state index contributed by atoms with van der Waals surface area (Å²) in [6.45, 7) is 2.77. The fourth-order valence-electron chi connectivity index (χ4n) is 3.59. The predicted octanol–water partition coefficient (Wildman–Crippen LogP) is 2.73. The first-order valence-electron chi connectivity index (χ1n) is 8.29. The molecule has 0 unspecified atom stereocenters. The summed E-state index contributed by atoms with van der Waals surface area (Å²) in [4.78, 5) is 19.2. The van der Waals surface area contributed by atoms with Gasteiger partial charge in [0.05, 0.1) is 0 Å². The summed E-state index contributed by atoms with van der Waals surface area (Å²) in [7, 11) is 0. The molecule has 7 heteroatoms. The summed E-state index contributed by atoms with van der Waals surface area (Å²) < 4.78 is 13.1. The van der Waals surface area contributed by atoms with Gasteiger partial charge in [-0.05, 0) is 56.0 Å². The highest BCUT2D eigenvalue weighted by Crippen LogP contribution is 2.33. The molecule has 0 saturated carbocycles. The minimum absolute atomic E-state index is 0.105. The summed E-state index contributed by atoms with van der Waals surface area (Å²) in [5.74, 6) is -0.356. The molecule has 1 aromatic carbocycles. The van der Waals surface area contributed by atoms with Crippen molar-refractivity contribution in [3.8, 4) is 0 Å². The minimum Gasteiger partial charge on any atom is -0.332 e. The second kappa shape index (κ2) is 5.91. The zero-order valence-electron chi connectivity index (χ0n) is 13.9. The van der Waals surface area contributed by atoms with Crippen molar-refractivity contribution in [1.29, 1.82) is 0 Å². The van der Waals surface area contributed by atoms with Crippen LogP contribution in [0.15, 0.2) is 36.4 Å². The lowest BCUT2D eigenvalue weighted by molar-refractivity contribution is 0.0618. The summed E-state index contributed by atoms with van der Waals surface area (Å²) in [6.07, 6.45) is 2.53. The van der Waals surface area contributed by atoms with E-state index in [1.807, 2.05) is 4.90 Å². The Bertz CT molecular complexity index is 923. The molecule has 1 N–H and O–H groups in total. The minimum atomic E-state index is -0.310. The fourth-order valence-corrected chi connectivity index (χ4v) is 3.59. The van der Waals surface area contributed by atoms with E-state index in [1.54, 1.807) is 24.3 Å². The van der Waals surface area contributed by atoms with E-state index in [1.165, 1.54) is 12.1 Å². The maximum absolute atomic E-state index is 13.1. The molecule has 2 aromatic heterocycles. The third-order valence-electron chi connectivity index (χ3n) is 4.89. The van der Waals surface area contributed by atoms with Crippen LogP contribution in [-0.4, -0.2) is 43.3 Å². The quantitative estimate of drug-likeness (QED) is 0.796. The van der Waals surface area contributed by atoms with Crippen LogP contribution in [0.25, 0.3) is 11.2 Å². The Kier molecular flexibility index (Phi) is 3.71. The lowest BCUT2D eigenvalue weighted by Gasteiger charge is -2.35. The van der Waals surface area contributed by atoms with Crippen molar-refractivity contribution in [2.24, 2.45) is 0 Å². The van der Waals surface area contributed by atoms with Gasteiger partial charge in [-0.1, -0.05) is 12.1 Å². The van der Waals surface area contributed by atoms with E-state index in [-0.39, 0.29) is 17.3 Å². The number of nitrogens with zero attached hydrogens (tertiary/aromatic N) is 4. The fraction of sp³-hybridized carbons (Fsp3) is 0.333. The first-order valence-corrected chi connectivity index (χ1v) is 8.29. The van der Waals surface area contributed by atoms with E-state index in [0.717, 1.165) is 18.4 Å². The zero-order chi connectivity index (χ0) is 17.4. The number of aromatic nitrogens is 4. The molecular formula is C18H18FN5O. The maximum Gasteiger partial charge on any atom is 0.273 e. The Morgan fingerprint density at radius 3 is 2.84 bits per heavy atom. The standard InChI is InChI=1S/C18H18FN5O/c1-18(11-12-3-5-13(19)6-4-12)9-2-10-24(18)17(25)15-8-7-14-16(20-15)22-23-21-14/h3-8H,2,9-11H2,1H3,(H,20,21,22,23)/t18-/m1/s1. The van der Waals surface area contributed by atoms with E-state index in [4.69, 9.17) is 0 Å². The average molecular weight is 339 g/mol. The van der Waals surface area contributed by atoms with Crippen molar-refractivity contribution in [3.63, 3.8) is 0 Å². The third kappa shape index (κ3) is 2.86. The Labute approximate surface area is 144 Å². The van der Waals surface area contributed by atoms with Crippen molar-refractivity contribution < 1.29 is 9.18 Å². The number of H-pyrrole nitrogens is 1. The number of amides is 1. The van der Waals surface area contributed by atoms with Gasteiger partial charge in [0, 0.05) is 12.1 Å². The normalized spacial score (nSPS) is 20.3. The van der Waals surface area contributed by atoms with Gasteiger partial charge < -0.3 is 4.90 Å². The summed E-state index contributed by atoms with van der Waals surface area (Å²) in [6, 6.07) is 9.90. The molecule has 0 bridgehead atoms. The summed E-state index contributed by atoms with van der Waals surface area (Å²) >= 11 is 0. The van der Waals surface area contributed by atoms with Gasteiger partial charge in [0.2, 0.25) is 5.65 Å². The molecule has 0 radical (unpaired) electrons. The third-order valence-corrected chi connectivity index (χ3v) is 4.89. The van der Waals surface area contributed by atoms with Crippen LogP contribution in [0.3, 0.4) is 0 Å². The van der Waals surface area contributed by atoms with Crippen LogP contribution in [0.5, 0.6) is 0 Å². The number of pyridine rings is 1. The van der Waals surface area contributed by atoms with Crippen LogP contribution in [0.2, 0.25) is 0 Å². The Morgan fingerprint density at radius 1 is 1.24 bits per heavy atom. The van der Waals surface area contributed by atoms with Gasteiger partial charge in [0.25, 0.3) is 5.91 Å². The molecule has 4 rings (SSSR count). The predicted molar refractivity (Wildman–Crippen MR) is 90.5 cm³/mol. The molecule has 1 aliphatic heterocycles. The van der Waals surface area contributed by atoms with Crippen LogP contribution < -0.4 is 0 Å². The molecular weight excluding hydrogens is 321 g/mol. The number of hydrogen-bond acceptors (Lipinski definition) is 4. The number of rotatable bonds is 3. The number of fused-ring (bicyclic) bond motifs is 1. The lowest BCUT2D eigenvalue weighted by atomic mass is 9.90. The van der Waals surface area contributed by atoms with E-state index < -0.39 is 0 Å². The molecule has 1 atom stereocenters. The molecule has 0 aliphatic carbocycles. The monoisotopic (exact) mass is 339 g/mol. The molecule has 1 aliphatic rings. The van der Waals surface area contributed by atoms with Gasteiger partial charge >= 0.3 is 0 Å². The van der Waals surface area contributed by atoms with Gasteiger partial charge in [-0.3, -0.25) is 4.79 Å². The van der Waals surface area contributed by atoms with Crippen LogP contribution in [-0.2, 0) is 6.42 Å². The molecule has 128 valence electrons. The van der Waals surface area contributed by atoms with Gasteiger partial charge in [0.1, 0.15) is 17.0 Å². The smallest absolute Gasteiger partial charge is 0.273 e. The van der Waals surface area contributed by atoms with Crippen molar-refractivity contribution in [1.82, 2.24) is 25.3 Å². The van der Waals surface area contributed by atoms with E-state index in [9.17, 15) is 9.18 Å². The van der Waals surface area contributed by atoms with E-state index in [0.29, 0.717) is 29.8 Å². The van der Waals surface area contributed by atoms with Crippen molar-refractivity contribution in [2.75, 3.05) is 6.54 Å². The topological polar surface area (TPSA) is 74.8 Å². The second-order valence-electron chi connectivity index (χ2n) is 6.72. The number of nitrogens with one attached hydrogen (secondary N) is 1. The zero-order valence-corrected chi connectivity index (χ0v) is 13.9. The Morgan fingerprint density at radius 2 is 2.04 bits per heavy atom. The number of carbonyl (C=O) groups excluding carboxylic acids is 1. The number of benzene rings is 1. The Balaban J connectivity index is 1.61. The number of halogens is 1. The van der Waals surface area contributed by atoms with E-state index >= 15 is 0 Å². The molecule has 3 heterocycles. The largest absolute Gasteiger partial charge is 0.332 e. The first kappa shape index (κ1) is 15.7. The molecule has 1 fully saturated rings. The van der Waals surface area contributed by atoms with Gasteiger partial charge in [-0.15, -0.1) is 5.10 Å². The maximum atomic E-state index is 13.1. The van der Waals surface area contributed by atoms with Crippen LogP contribution >= 0.6 is 0 Å². The number of aromatic amines is 1. The van der Waals surface area contributed by atoms with Gasteiger partial charge in [0.15, 0.2) is 0 Å². The SMILES string of the molecule is C[C@]1(Cc2ccc(F)cc2)CCCN1C(=O)c1ccc2n[nH]nc2n1. The van der Waals surface area contributed by atoms with Gasteiger partial charge in [-0.25, -0.2) is 9.37 Å². The first-order chi connectivity index (χ1) is 12.0. The highest BCUT2D eigenvalue weighted by Gasteiger charge is 2.40. The molecule has 0 spiro atoms. The summed E-state index contributed by atoms with van der Waals surface area (Å²) in [5, 5.41) is 10.4. The summed E-state index contributed by atoms with van der Waals surface area (Å²) in [5.41, 5.74) is 2.14. The van der Waals surface area contributed by atoms with Crippen molar-refractivity contribution in [2.45, 2.75) is 31.7 Å². The highest BCUT2D eigenvalue weighted by atomic mass is 19.1. The van der Waals surface area contributed by atoms with Crippen LogP contribution in [0.4, 0.5) is 4.39 Å². The highest BCUT2D eigenvalue weighted by molar-refractivity contribution is 5.94. The number of carbonyl (C=O) groups is 1. The number of hydrogen-bond donors (Lipinski definition) is 1. The van der Waals surface area contributed by atoms with Crippen LogP contribution in [0, 0.1) is 5.82 Å². The molecule has 3 aromatic rings. The number of likely N-dealkylation sites (tertiary alicyclic amines) is 1. The Hall–Kier alpha value is -2.83. The molecule has 25 heavy (non-hydrogen) atoms. The van der Waals surface area contributed by atoms with Crippen molar-refractivity contribution >= 4 is 17.1 Å². The second-order valence-corrected chi connectivity index (χ2v) is 6.72. The molecule has 6 nitrogen and oxygen atoms in total. The van der Waals surface area contributed by atoms with Gasteiger partial charge in [-0.2, -0.15) is 10.3 Å². The molecule has 1 saturated heterocycles. The van der Waals surface area contributed by atoms with E-state index in [2.05, 4.69) is 27.3 Å². The lowest BCUT2D eigenvalue weighted by Crippen LogP contribution is -2.46. The molecule has 1 amide bonds. The van der Waals surface area contributed by atoms with Crippen molar-refractivity contribution in [3.05, 3.63) is 53.5 Å². The average Bonchev–Trinajstić information content (AvgIpc) is 3.22.